The fourth-order valence-corrected chi connectivity index (χ4v) is 3.98. The number of ketones is 1. The number of hydrogen-bond donors (Lipinski definition) is 1. The number of hydrogen-bond acceptors (Lipinski definition) is 8. The maximum absolute atomic E-state index is 13.3. The van der Waals surface area contributed by atoms with Crippen LogP contribution in [0.5, 0.6) is 17.2 Å². The number of nitrogens with zero attached hydrogens (tertiary/aromatic N) is 2. The molecule has 9 heteroatoms. The highest BCUT2D eigenvalue weighted by Crippen LogP contribution is 2.47. The maximum Gasteiger partial charge on any atom is 0.301 e. The van der Waals surface area contributed by atoms with Crippen molar-refractivity contribution < 1.29 is 33.4 Å². The van der Waals surface area contributed by atoms with E-state index >= 15 is 0 Å². The second-order valence-corrected chi connectivity index (χ2v) is 7.67. The van der Waals surface area contributed by atoms with E-state index in [2.05, 4.69) is 11.7 Å². The van der Waals surface area contributed by atoms with Crippen LogP contribution in [0.4, 0.5) is 5.82 Å². The van der Waals surface area contributed by atoms with E-state index < -0.39 is 17.7 Å². The SMILES string of the molecule is C=CCOc1ccc(C(O)=C2C(=O)C(=O)N(c3cc(C)on3)[C@H]2c2cccc(OC)c2OC)cc1. The van der Waals surface area contributed by atoms with Crippen LogP contribution >= 0.6 is 0 Å². The van der Waals surface area contributed by atoms with E-state index in [-0.39, 0.29) is 17.2 Å². The first-order valence-corrected chi connectivity index (χ1v) is 10.7. The number of aryl methyl sites for hydroxylation is 1. The van der Waals surface area contributed by atoms with Crippen molar-refractivity contribution in [3.63, 3.8) is 0 Å². The van der Waals surface area contributed by atoms with E-state index in [1.54, 1.807) is 55.5 Å². The summed E-state index contributed by atoms with van der Waals surface area (Å²) in [5, 5.41) is 15.2. The third kappa shape index (κ3) is 4.23. The number of aliphatic hydroxyl groups excluding tert-OH is 1. The summed E-state index contributed by atoms with van der Waals surface area (Å²) in [7, 11) is 2.94. The molecular formula is C26H24N2O7. The van der Waals surface area contributed by atoms with E-state index in [4.69, 9.17) is 18.7 Å². The molecule has 3 aromatic rings. The lowest BCUT2D eigenvalue weighted by molar-refractivity contribution is -0.132. The lowest BCUT2D eigenvalue weighted by atomic mass is 9.94. The Kier molecular flexibility index (Phi) is 6.59. The fraction of sp³-hybridized carbons (Fsp3) is 0.192. The first-order chi connectivity index (χ1) is 16.9. The molecule has 9 nitrogen and oxygen atoms in total. The summed E-state index contributed by atoms with van der Waals surface area (Å²) in [6.45, 7) is 5.60. The van der Waals surface area contributed by atoms with Crippen LogP contribution in [0.1, 0.15) is 22.9 Å². The molecule has 1 aliphatic rings. The Morgan fingerprint density at radius 1 is 1.17 bits per heavy atom. The van der Waals surface area contributed by atoms with E-state index in [0.29, 0.717) is 40.7 Å². The highest BCUT2D eigenvalue weighted by Gasteiger charge is 2.49. The Morgan fingerprint density at radius 2 is 1.91 bits per heavy atom. The molecule has 0 spiro atoms. The lowest BCUT2D eigenvalue weighted by Gasteiger charge is -2.25. The molecular weight excluding hydrogens is 452 g/mol. The van der Waals surface area contributed by atoms with Gasteiger partial charge >= 0.3 is 5.91 Å². The maximum atomic E-state index is 13.3. The Labute approximate surface area is 201 Å². The number of para-hydroxylation sites is 1. The van der Waals surface area contributed by atoms with Gasteiger partial charge in [-0.05, 0) is 37.3 Å². The highest BCUT2D eigenvalue weighted by atomic mass is 16.5. The van der Waals surface area contributed by atoms with Crippen molar-refractivity contribution >= 4 is 23.3 Å². The summed E-state index contributed by atoms with van der Waals surface area (Å²) in [6.07, 6.45) is 1.61. The Hall–Kier alpha value is -4.53. The normalized spacial score (nSPS) is 16.9. The first kappa shape index (κ1) is 23.6. The van der Waals surface area contributed by atoms with Gasteiger partial charge in [0, 0.05) is 17.2 Å². The van der Waals surface area contributed by atoms with Crippen molar-refractivity contribution in [3.05, 3.63) is 83.6 Å². The molecule has 0 saturated carbocycles. The van der Waals surface area contributed by atoms with Gasteiger partial charge in [-0.1, -0.05) is 29.9 Å². The van der Waals surface area contributed by atoms with Crippen molar-refractivity contribution in [2.45, 2.75) is 13.0 Å². The van der Waals surface area contributed by atoms with Crippen LogP contribution in [0.2, 0.25) is 0 Å². The molecule has 0 bridgehead atoms. The average Bonchev–Trinajstić information content (AvgIpc) is 3.42. The number of aromatic nitrogens is 1. The number of benzene rings is 2. The standard InChI is InChI=1S/C26H24N2O7/c1-5-13-34-17-11-9-16(10-12-17)23(29)21-22(18-7-6-8-19(32-3)25(18)33-4)28(26(31)24(21)30)20-14-15(2)35-27-20/h5-12,14,22,29H,1,13H2,2-4H3/t22-/m0/s1. The van der Waals surface area contributed by atoms with Crippen molar-refractivity contribution in [1.29, 1.82) is 0 Å². The van der Waals surface area contributed by atoms with Gasteiger partial charge in [-0.3, -0.25) is 14.5 Å². The Bertz CT molecular complexity index is 1310. The number of anilines is 1. The van der Waals surface area contributed by atoms with E-state index in [1.807, 2.05) is 0 Å². The van der Waals surface area contributed by atoms with Crippen molar-refractivity contribution in [1.82, 2.24) is 5.16 Å². The van der Waals surface area contributed by atoms with Gasteiger partial charge in [-0.2, -0.15) is 0 Å². The summed E-state index contributed by atoms with van der Waals surface area (Å²) in [6, 6.07) is 12.1. The zero-order valence-electron chi connectivity index (χ0n) is 19.5. The van der Waals surface area contributed by atoms with Gasteiger partial charge in [0.25, 0.3) is 5.78 Å². The zero-order valence-corrected chi connectivity index (χ0v) is 19.5. The molecule has 1 saturated heterocycles. The van der Waals surface area contributed by atoms with E-state index in [0.717, 1.165) is 0 Å². The molecule has 0 radical (unpaired) electrons. The predicted molar refractivity (Wildman–Crippen MR) is 128 cm³/mol. The molecule has 0 unspecified atom stereocenters. The Balaban J connectivity index is 1.92. The van der Waals surface area contributed by atoms with Gasteiger partial charge in [-0.15, -0.1) is 0 Å². The monoisotopic (exact) mass is 476 g/mol. The molecule has 1 amide bonds. The quantitative estimate of drug-likeness (QED) is 0.223. The Morgan fingerprint density at radius 3 is 2.51 bits per heavy atom. The van der Waals surface area contributed by atoms with Crippen LogP contribution in [0.15, 0.2) is 71.3 Å². The third-order valence-electron chi connectivity index (χ3n) is 5.53. The van der Waals surface area contributed by atoms with Crippen LogP contribution in [0.25, 0.3) is 5.76 Å². The summed E-state index contributed by atoms with van der Waals surface area (Å²) in [5.74, 6) is -0.227. The topological polar surface area (TPSA) is 111 Å². The van der Waals surface area contributed by atoms with E-state index in [1.165, 1.54) is 25.2 Å². The number of Topliss-reactive ketones (excluding diaryl/α,β-unsaturated/α-hetero) is 1. The van der Waals surface area contributed by atoms with Crippen molar-refractivity contribution in [2.75, 3.05) is 25.7 Å². The van der Waals surface area contributed by atoms with Crippen LogP contribution in [0.3, 0.4) is 0 Å². The molecule has 2 aromatic carbocycles. The molecule has 180 valence electrons. The lowest BCUT2D eigenvalue weighted by Crippen LogP contribution is -2.30. The molecule has 0 aliphatic carbocycles. The fourth-order valence-electron chi connectivity index (χ4n) is 3.98. The minimum atomic E-state index is -1.05. The summed E-state index contributed by atoms with van der Waals surface area (Å²) < 4.78 is 21.6. The van der Waals surface area contributed by atoms with Gasteiger partial charge in [0.2, 0.25) is 0 Å². The molecule has 2 heterocycles. The predicted octanol–water partition coefficient (Wildman–Crippen LogP) is 4.19. The van der Waals surface area contributed by atoms with Crippen LogP contribution in [0, 0.1) is 6.92 Å². The van der Waals surface area contributed by atoms with Gasteiger partial charge in [0.15, 0.2) is 17.3 Å². The molecule has 4 rings (SSSR count). The van der Waals surface area contributed by atoms with Gasteiger partial charge in [0.05, 0.1) is 19.8 Å². The van der Waals surface area contributed by atoms with Gasteiger partial charge in [-0.25, -0.2) is 0 Å². The average molecular weight is 476 g/mol. The van der Waals surface area contributed by atoms with Crippen LogP contribution in [-0.4, -0.2) is 42.8 Å². The van der Waals surface area contributed by atoms with Gasteiger partial charge in [0.1, 0.15) is 29.9 Å². The molecule has 1 aromatic heterocycles. The second-order valence-electron chi connectivity index (χ2n) is 7.67. The summed E-state index contributed by atoms with van der Waals surface area (Å²) in [4.78, 5) is 27.7. The number of aliphatic hydroxyl groups is 1. The number of amides is 1. The first-order valence-electron chi connectivity index (χ1n) is 10.7. The van der Waals surface area contributed by atoms with Crippen LogP contribution < -0.4 is 19.1 Å². The van der Waals surface area contributed by atoms with Crippen molar-refractivity contribution in [3.8, 4) is 17.2 Å². The number of carbonyl (C=O) groups excluding carboxylic acids is 2. The minimum Gasteiger partial charge on any atom is -0.507 e. The molecule has 35 heavy (non-hydrogen) atoms. The zero-order chi connectivity index (χ0) is 25.1. The number of carbonyl (C=O) groups is 2. The number of rotatable bonds is 8. The van der Waals surface area contributed by atoms with Crippen LogP contribution in [-0.2, 0) is 9.59 Å². The molecule has 1 fully saturated rings. The number of ether oxygens (including phenoxy) is 3. The molecule has 1 aliphatic heterocycles. The highest BCUT2D eigenvalue weighted by molar-refractivity contribution is 6.51. The molecule has 1 atom stereocenters. The van der Waals surface area contributed by atoms with E-state index in [9.17, 15) is 14.7 Å². The largest absolute Gasteiger partial charge is 0.507 e. The third-order valence-corrected chi connectivity index (χ3v) is 5.53. The second kappa shape index (κ2) is 9.76. The minimum absolute atomic E-state index is 0.123. The smallest absolute Gasteiger partial charge is 0.301 e. The summed E-state index contributed by atoms with van der Waals surface area (Å²) >= 11 is 0. The molecule has 1 N–H and O–H groups in total. The summed E-state index contributed by atoms with van der Waals surface area (Å²) in [5.41, 5.74) is 0.637. The number of methoxy groups -OCH3 is 2. The van der Waals surface area contributed by atoms with Gasteiger partial charge < -0.3 is 23.8 Å². The van der Waals surface area contributed by atoms with Crippen molar-refractivity contribution in [2.24, 2.45) is 0 Å².